The molecule has 5 nitrogen and oxygen atoms in total. The molecule has 154 valence electrons. The first-order valence-corrected chi connectivity index (χ1v) is 10.3. The molecule has 0 bridgehead atoms. The maximum atomic E-state index is 13.3. The van der Waals surface area contributed by atoms with Crippen LogP contribution in [0, 0.1) is 0 Å². The summed E-state index contributed by atoms with van der Waals surface area (Å²) in [6.07, 6.45) is 7.46. The molecular formula is C22H21F2N5S. The number of rotatable bonds is 7. The zero-order valence-corrected chi connectivity index (χ0v) is 17.2. The van der Waals surface area contributed by atoms with Crippen molar-refractivity contribution < 1.29 is 8.78 Å². The number of alkyl halides is 2. The molecule has 3 aromatic heterocycles. The summed E-state index contributed by atoms with van der Waals surface area (Å²) in [7, 11) is 0. The molecule has 0 aliphatic heterocycles. The topological polar surface area (TPSA) is 76.7 Å². The van der Waals surface area contributed by atoms with Crippen LogP contribution in [-0.4, -0.2) is 27.5 Å². The van der Waals surface area contributed by atoms with E-state index < -0.39 is 5.92 Å². The number of halogens is 2. The van der Waals surface area contributed by atoms with Gasteiger partial charge in [0, 0.05) is 49.7 Å². The number of thiazole rings is 1. The highest BCUT2D eigenvalue weighted by Gasteiger charge is 2.25. The van der Waals surface area contributed by atoms with Crippen LogP contribution in [0.3, 0.4) is 0 Å². The van der Waals surface area contributed by atoms with Gasteiger partial charge >= 0.3 is 0 Å². The molecule has 30 heavy (non-hydrogen) atoms. The number of anilines is 1. The molecule has 0 amide bonds. The summed E-state index contributed by atoms with van der Waals surface area (Å²) in [6, 6.07) is 11.0. The van der Waals surface area contributed by atoms with Gasteiger partial charge in [0.2, 0.25) is 0 Å². The lowest BCUT2D eigenvalue weighted by molar-refractivity contribution is 0.0127. The fourth-order valence-corrected chi connectivity index (χ4v) is 3.94. The maximum absolute atomic E-state index is 13.3. The molecule has 4 rings (SSSR count). The number of nitrogens with zero attached hydrogens (tertiary/aromatic N) is 3. The Bertz CT molecular complexity index is 1140. The molecule has 0 saturated heterocycles. The van der Waals surface area contributed by atoms with Gasteiger partial charge in [-0.2, -0.15) is 8.78 Å². The van der Waals surface area contributed by atoms with E-state index in [2.05, 4.69) is 32.4 Å². The van der Waals surface area contributed by atoms with Crippen LogP contribution in [0.2, 0.25) is 0 Å². The smallest absolute Gasteiger partial charge is 0.286 e. The minimum absolute atomic E-state index is 0.194. The molecule has 0 radical (unpaired) electrons. The second kappa shape index (κ2) is 8.41. The Morgan fingerprint density at radius 2 is 1.93 bits per heavy atom. The third-order valence-corrected chi connectivity index (χ3v) is 5.72. The van der Waals surface area contributed by atoms with E-state index in [4.69, 9.17) is 5.73 Å². The molecule has 0 unspecified atom stereocenters. The highest BCUT2D eigenvalue weighted by Crippen LogP contribution is 2.31. The van der Waals surface area contributed by atoms with Crippen LogP contribution in [0.25, 0.3) is 21.2 Å². The van der Waals surface area contributed by atoms with Gasteiger partial charge in [0.05, 0.1) is 4.88 Å². The van der Waals surface area contributed by atoms with Crippen molar-refractivity contribution in [3.8, 4) is 10.4 Å². The monoisotopic (exact) mass is 425 g/mol. The van der Waals surface area contributed by atoms with Gasteiger partial charge in [0.1, 0.15) is 5.69 Å². The molecule has 0 fully saturated rings. The van der Waals surface area contributed by atoms with Crippen molar-refractivity contribution in [1.29, 1.82) is 0 Å². The number of pyridine rings is 2. The molecule has 4 aromatic rings. The fourth-order valence-electron chi connectivity index (χ4n) is 3.12. The number of nitrogens with one attached hydrogen (secondary N) is 1. The average molecular weight is 426 g/mol. The van der Waals surface area contributed by atoms with E-state index in [1.807, 2.05) is 24.5 Å². The lowest BCUT2D eigenvalue weighted by atomic mass is 10.1. The fraction of sp³-hybridized carbons (Fsp3) is 0.227. The van der Waals surface area contributed by atoms with E-state index in [1.54, 1.807) is 23.6 Å². The van der Waals surface area contributed by atoms with Crippen molar-refractivity contribution >= 4 is 27.2 Å². The predicted molar refractivity (Wildman–Crippen MR) is 117 cm³/mol. The number of aromatic nitrogens is 3. The molecule has 8 heteroatoms. The van der Waals surface area contributed by atoms with Crippen molar-refractivity contribution in [1.82, 2.24) is 15.0 Å². The van der Waals surface area contributed by atoms with E-state index in [0.29, 0.717) is 13.0 Å². The van der Waals surface area contributed by atoms with Crippen molar-refractivity contribution in [3.05, 3.63) is 72.4 Å². The number of benzene rings is 1. The molecule has 0 aliphatic rings. The molecule has 3 heterocycles. The Hall–Kier alpha value is -2.97. The highest BCUT2D eigenvalue weighted by atomic mass is 32.1. The first-order chi connectivity index (χ1) is 14.4. The van der Waals surface area contributed by atoms with Gasteiger partial charge in [-0.3, -0.25) is 9.97 Å². The molecule has 3 N–H and O–H groups in total. The maximum Gasteiger partial charge on any atom is 0.286 e. The SMILES string of the molecule is CC(F)(F)c1ccc(C[C@H](N)CNc2ncc(-c3ccc4cnccc4c3)s2)cn1. The van der Waals surface area contributed by atoms with E-state index >= 15 is 0 Å². The molecule has 1 atom stereocenters. The minimum atomic E-state index is -2.94. The summed E-state index contributed by atoms with van der Waals surface area (Å²) >= 11 is 1.56. The van der Waals surface area contributed by atoms with Crippen LogP contribution in [0.4, 0.5) is 13.9 Å². The molecule has 1 aromatic carbocycles. The number of nitrogens with two attached hydrogens (primary N) is 1. The second-order valence-corrected chi connectivity index (χ2v) is 8.28. The largest absolute Gasteiger partial charge is 0.360 e. The third-order valence-electron chi connectivity index (χ3n) is 4.72. The first kappa shape index (κ1) is 20.3. The van der Waals surface area contributed by atoms with Crippen LogP contribution in [0.15, 0.2) is 61.2 Å². The summed E-state index contributed by atoms with van der Waals surface area (Å²) in [4.78, 5) is 13.5. The van der Waals surface area contributed by atoms with Gasteiger partial charge in [-0.1, -0.05) is 29.5 Å². The molecule has 0 saturated carbocycles. The number of hydrogen-bond donors (Lipinski definition) is 2. The van der Waals surface area contributed by atoms with Gasteiger partial charge in [-0.15, -0.1) is 0 Å². The Kier molecular flexibility index (Phi) is 5.69. The van der Waals surface area contributed by atoms with Crippen LogP contribution in [0.5, 0.6) is 0 Å². The van der Waals surface area contributed by atoms with E-state index in [-0.39, 0.29) is 11.7 Å². The zero-order chi connectivity index (χ0) is 21.1. The zero-order valence-electron chi connectivity index (χ0n) is 16.3. The van der Waals surface area contributed by atoms with Gasteiger partial charge in [0.15, 0.2) is 5.13 Å². The van der Waals surface area contributed by atoms with Crippen LogP contribution >= 0.6 is 11.3 Å². The van der Waals surface area contributed by atoms with Crippen molar-refractivity contribution in [3.63, 3.8) is 0 Å². The van der Waals surface area contributed by atoms with Crippen molar-refractivity contribution in [2.75, 3.05) is 11.9 Å². The van der Waals surface area contributed by atoms with Crippen LogP contribution in [-0.2, 0) is 12.3 Å². The Balaban J connectivity index is 1.35. The van der Waals surface area contributed by atoms with Crippen LogP contribution < -0.4 is 11.1 Å². The lowest BCUT2D eigenvalue weighted by Crippen LogP contribution is -2.31. The van der Waals surface area contributed by atoms with E-state index in [9.17, 15) is 8.78 Å². The minimum Gasteiger partial charge on any atom is -0.360 e. The van der Waals surface area contributed by atoms with Crippen molar-refractivity contribution in [2.45, 2.75) is 25.3 Å². The average Bonchev–Trinajstić information content (AvgIpc) is 3.21. The predicted octanol–water partition coefficient (Wildman–Crippen LogP) is 4.85. The van der Waals surface area contributed by atoms with Gasteiger partial charge < -0.3 is 11.1 Å². The third kappa shape index (κ3) is 4.77. The standard InChI is InChI=1S/C22H21F2N5S/c1-22(23,24)20-5-2-14(10-27-20)8-18(25)12-28-21-29-13-19(30-21)16-3-4-17-11-26-7-6-15(17)9-16/h2-7,9-11,13,18H,8,12,25H2,1H3,(H,28,29)/t18-/m0/s1. The number of hydrogen-bond acceptors (Lipinski definition) is 6. The second-order valence-electron chi connectivity index (χ2n) is 7.25. The summed E-state index contributed by atoms with van der Waals surface area (Å²) in [6.45, 7) is 1.35. The normalized spacial score (nSPS) is 12.8. The summed E-state index contributed by atoms with van der Waals surface area (Å²) < 4.78 is 26.5. The summed E-state index contributed by atoms with van der Waals surface area (Å²) in [5.74, 6) is -2.94. The van der Waals surface area contributed by atoms with E-state index in [0.717, 1.165) is 38.8 Å². The quantitative estimate of drug-likeness (QED) is 0.443. The van der Waals surface area contributed by atoms with Gasteiger partial charge in [0.25, 0.3) is 5.92 Å². The molecular weight excluding hydrogens is 404 g/mol. The molecule has 0 aliphatic carbocycles. The number of fused-ring (bicyclic) bond motifs is 1. The Morgan fingerprint density at radius 1 is 1.07 bits per heavy atom. The Morgan fingerprint density at radius 3 is 2.70 bits per heavy atom. The molecule has 0 spiro atoms. The van der Waals surface area contributed by atoms with Crippen LogP contribution in [0.1, 0.15) is 18.2 Å². The highest BCUT2D eigenvalue weighted by molar-refractivity contribution is 7.18. The van der Waals surface area contributed by atoms with Gasteiger partial charge in [-0.25, -0.2) is 4.98 Å². The van der Waals surface area contributed by atoms with Crippen molar-refractivity contribution in [2.24, 2.45) is 5.73 Å². The lowest BCUT2D eigenvalue weighted by Gasteiger charge is -2.13. The summed E-state index contributed by atoms with van der Waals surface area (Å²) in [5.41, 5.74) is 7.87. The van der Waals surface area contributed by atoms with Gasteiger partial charge in [-0.05, 0) is 41.1 Å². The first-order valence-electron chi connectivity index (χ1n) is 9.51. The Labute approximate surface area is 177 Å². The summed E-state index contributed by atoms with van der Waals surface area (Å²) in [5, 5.41) is 6.28. The van der Waals surface area contributed by atoms with E-state index in [1.165, 1.54) is 12.3 Å².